The van der Waals surface area contributed by atoms with Crippen LogP contribution in [0.4, 0.5) is 4.79 Å². The topological polar surface area (TPSA) is 117 Å². The number of aromatic nitrogens is 3. The third-order valence-corrected chi connectivity index (χ3v) is 6.87. The number of hydrogen-bond acceptors (Lipinski definition) is 6. The van der Waals surface area contributed by atoms with Crippen LogP contribution in [0.5, 0.6) is 0 Å². The van der Waals surface area contributed by atoms with E-state index in [2.05, 4.69) is 20.5 Å². The average molecular weight is 468 g/mol. The number of aromatic amines is 1. The van der Waals surface area contributed by atoms with Crippen LogP contribution in [0.25, 0.3) is 0 Å². The summed E-state index contributed by atoms with van der Waals surface area (Å²) >= 11 is 0. The summed E-state index contributed by atoms with van der Waals surface area (Å²) in [5, 5.41) is 11.4. The van der Waals surface area contributed by atoms with Gasteiger partial charge in [0.2, 0.25) is 5.91 Å². The molecule has 1 aliphatic heterocycles. The molecule has 1 saturated carbocycles. The maximum Gasteiger partial charge on any atom is 0.410 e. The van der Waals surface area contributed by atoms with Gasteiger partial charge in [-0.2, -0.15) is 0 Å². The molecule has 1 aromatic heterocycles. The van der Waals surface area contributed by atoms with Crippen LogP contribution in [-0.4, -0.2) is 45.2 Å². The third kappa shape index (κ3) is 5.81. The zero-order valence-corrected chi connectivity index (χ0v) is 19.7. The Hall–Kier alpha value is -3.23. The average Bonchev–Trinajstić information content (AvgIpc) is 3.42. The first kappa shape index (κ1) is 23.9. The first-order valence-corrected chi connectivity index (χ1v) is 12.3. The molecule has 2 aromatic rings. The smallest absolute Gasteiger partial charge is 0.410 e. The van der Waals surface area contributed by atoms with E-state index in [4.69, 9.17) is 4.74 Å². The molecular formula is C25H33N5O4. The van der Waals surface area contributed by atoms with E-state index < -0.39 is 6.04 Å². The zero-order valence-electron chi connectivity index (χ0n) is 19.7. The molecule has 2 N–H and O–H groups in total. The zero-order chi connectivity index (χ0) is 23.9. The molecule has 0 bridgehead atoms. The van der Waals surface area contributed by atoms with Crippen molar-refractivity contribution in [2.24, 2.45) is 5.92 Å². The Balaban J connectivity index is 1.28. The Kier molecular flexibility index (Phi) is 7.92. The molecule has 1 aromatic carbocycles. The Morgan fingerprint density at radius 1 is 1.12 bits per heavy atom. The second-order valence-corrected chi connectivity index (χ2v) is 9.18. The number of ether oxygens (including phenoxy) is 1. The van der Waals surface area contributed by atoms with Crippen LogP contribution in [0.15, 0.2) is 35.1 Å². The van der Waals surface area contributed by atoms with Crippen LogP contribution in [0, 0.1) is 5.92 Å². The summed E-state index contributed by atoms with van der Waals surface area (Å²) in [6.07, 6.45) is 5.61. The number of H-pyrrole nitrogens is 1. The quantitative estimate of drug-likeness (QED) is 0.644. The van der Waals surface area contributed by atoms with Crippen molar-refractivity contribution in [2.75, 3.05) is 13.1 Å². The normalized spacial score (nSPS) is 18.0. The highest BCUT2D eigenvalue weighted by molar-refractivity contribution is 5.79. The van der Waals surface area contributed by atoms with Crippen molar-refractivity contribution in [3.05, 3.63) is 57.8 Å². The molecule has 34 heavy (non-hydrogen) atoms. The van der Waals surface area contributed by atoms with E-state index in [0.717, 1.165) is 31.2 Å². The Labute approximate surface area is 199 Å². The molecule has 0 radical (unpaired) electrons. The van der Waals surface area contributed by atoms with Gasteiger partial charge in [-0.05, 0) is 37.7 Å². The monoisotopic (exact) mass is 467 g/mol. The molecule has 2 heterocycles. The Bertz CT molecular complexity index is 1030. The predicted octanol–water partition coefficient (Wildman–Crippen LogP) is 3.44. The van der Waals surface area contributed by atoms with Gasteiger partial charge in [-0.15, -0.1) is 10.2 Å². The number of carbonyl (C=O) groups excluding carboxylic acids is 2. The second kappa shape index (κ2) is 11.3. The molecule has 1 aliphatic carbocycles. The molecule has 9 heteroatoms. The van der Waals surface area contributed by atoms with Gasteiger partial charge in [0, 0.05) is 24.9 Å². The number of likely N-dealkylation sites (tertiary alicyclic amines) is 1. The summed E-state index contributed by atoms with van der Waals surface area (Å²) in [6, 6.07) is 9.05. The number of amides is 2. The molecule has 182 valence electrons. The van der Waals surface area contributed by atoms with Crippen molar-refractivity contribution in [3.63, 3.8) is 0 Å². The Morgan fingerprint density at radius 3 is 2.47 bits per heavy atom. The van der Waals surface area contributed by atoms with Gasteiger partial charge in [0.15, 0.2) is 5.69 Å². The first-order valence-electron chi connectivity index (χ1n) is 12.3. The molecular weight excluding hydrogens is 434 g/mol. The predicted molar refractivity (Wildman–Crippen MR) is 126 cm³/mol. The van der Waals surface area contributed by atoms with Crippen LogP contribution in [0.3, 0.4) is 0 Å². The van der Waals surface area contributed by atoms with Gasteiger partial charge in [-0.1, -0.05) is 50.1 Å². The number of rotatable bonds is 7. The fourth-order valence-corrected chi connectivity index (χ4v) is 4.76. The number of nitrogens with zero attached hydrogens (tertiary/aromatic N) is 3. The van der Waals surface area contributed by atoms with Crippen LogP contribution < -0.4 is 10.9 Å². The molecule has 1 atom stereocenters. The minimum Gasteiger partial charge on any atom is -0.445 e. The van der Waals surface area contributed by atoms with Crippen molar-refractivity contribution in [3.8, 4) is 0 Å². The van der Waals surface area contributed by atoms with Gasteiger partial charge in [-0.3, -0.25) is 9.59 Å². The lowest BCUT2D eigenvalue weighted by Crippen LogP contribution is -2.44. The summed E-state index contributed by atoms with van der Waals surface area (Å²) in [5.74, 6) is 0.578. The van der Waals surface area contributed by atoms with E-state index in [1.165, 1.54) is 0 Å². The largest absolute Gasteiger partial charge is 0.445 e. The van der Waals surface area contributed by atoms with Gasteiger partial charge in [0.1, 0.15) is 12.4 Å². The van der Waals surface area contributed by atoms with Crippen LogP contribution in [-0.2, 0) is 16.1 Å². The van der Waals surface area contributed by atoms with E-state index in [9.17, 15) is 14.4 Å². The van der Waals surface area contributed by atoms with E-state index in [1.807, 2.05) is 37.3 Å². The van der Waals surface area contributed by atoms with Gasteiger partial charge in [0.05, 0.1) is 6.04 Å². The van der Waals surface area contributed by atoms with E-state index >= 15 is 0 Å². The highest BCUT2D eigenvalue weighted by Gasteiger charge is 2.30. The summed E-state index contributed by atoms with van der Waals surface area (Å²) in [7, 11) is 0. The van der Waals surface area contributed by atoms with Crippen LogP contribution in [0.2, 0.25) is 0 Å². The molecule has 1 saturated heterocycles. The van der Waals surface area contributed by atoms with Crippen molar-refractivity contribution in [1.82, 2.24) is 25.4 Å². The summed E-state index contributed by atoms with van der Waals surface area (Å²) in [6.45, 7) is 3.05. The fraction of sp³-hybridized carbons (Fsp3) is 0.560. The number of carbonyl (C=O) groups is 2. The van der Waals surface area contributed by atoms with Crippen molar-refractivity contribution in [2.45, 2.75) is 70.4 Å². The van der Waals surface area contributed by atoms with E-state index in [-0.39, 0.29) is 41.7 Å². The van der Waals surface area contributed by atoms with Gasteiger partial charge >= 0.3 is 6.09 Å². The third-order valence-electron chi connectivity index (χ3n) is 6.87. The second-order valence-electron chi connectivity index (χ2n) is 9.18. The lowest BCUT2D eigenvalue weighted by Gasteiger charge is -2.31. The van der Waals surface area contributed by atoms with Gasteiger partial charge in [0.25, 0.3) is 5.56 Å². The summed E-state index contributed by atoms with van der Waals surface area (Å²) < 4.78 is 5.40. The number of hydrogen-bond donors (Lipinski definition) is 2. The summed E-state index contributed by atoms with van der Waals surface area (Å²) in [4.78, 5) is 42.5. The maximum absolute atomic E-state index is 12.9. The molecule has 1 unspecified atom stereocenters. The number of benzene rings is 1. The van der Waals surface area contributed by atoms with E-state index in [0.29, 0.717) is 38.2 Å². The molecule has 2 fully saturated rings. The molecule has 0 spiro atoms. The van der Waals surface area contributed by atoms with Crippen molar-refractivity contribution >= 4 is 12.0 Å². The lowest BCUT2D eigenvalue weighted by molar-refractivity contribution is -0.127. The molecule has 4 rings (SSSR count). The standard InChI is InChI=1S/C25H33N5O4/c1-2-20(21-24(32)27-22(29-28-21)18-10-6-7-11-18)26-23(31)19-12-14-30(15-13-19)25(33)34-16-17-8-4-3-5-9-17/h3-5,8-9,18-20H,2,6-7,10-16H2,1H3,(H,26,31)(H,27,29,32). The van der Waals surface area contributed by atoms with Gasteiger partial charge in [-0.25, -0.2) is 4.79 Å². The number of piperidine rings is 1. The Morgan fingerprint density at radius 2 is 1.82 bits per heavy atom. The summed E-state index contributed by atoms with van der Waals surface area (Å²) in [5.41, 5.74) is 0.907. The van der Waals surface area contributed by atoms with Gasteiger partial charge < -0.3 is 19.9 Å². The molecule has 2 aliphatic rings. The lowest BCUT2D eigenvalue weighted by atomic mass is 9.95. The molecule has 9 nitrogen and oxygen atoms in total. The minimum atomic E-state index is -0.491. The maximum atomic E-state index is 12.9. The fourth-order valence-electron chi connectivity index (χ4n) is 4.76. The van der Waals surface area contributed by atoms with Crippen molar-refractivity contribution < 1.29 is 14.3 Å². The molecule has 2 amide bonds. The number of nitrogens with one attached hydrogen (secondary N) is 2. The van der Waals surface area contributed by atoms with Crippen LogP contribution in [0.1, 0.15) is 80.9 Å². The van der Waals surface area contributed by atoms with Crippen molar-refractivity contribution in [1.29, 1.82) is 0 Å². The van der Waals surface area contributed by atoms with Crippen LogP contribution >= 0.6 is 0 Å². The minimum absolute atomic E-state index is 0.120. The highest BCUT2D eigenvalue weighted by Crippen LogP contribution is 2.31. The SMILES string of the molecule is CCC(NC(=O)C1CCN(C(=O)OCc2ccccc2)CC1)c1nnc(C2CCCC2)[nH]c1=O. The first-order chi connectivity index (χ1) is 16.5. The van der Waals surface area contributed by atoms with E-state index in [1.54, 1.807) is 4.90 Å². The highest BCUT2D eigenvalue weighted by atomic mass is 16.6.